The molecule has 0 saturated carbocycles. The van der Waals surface area contributed by atoms with Gasteiger partial charge in [-0.1, -0.05) is 17.7 Å². The van der Waals surface area contributed by atoms with Crippen molar-refractivity contribution in [3.8, 4) is 0 Å². The van der Waals surface area contributed by atoms with Gasteiger partial charge >= 0.3 is 0 Å². The van der Waals surface area contributed by atoms with Crippen LogP contribution in [0.15, 0.2) is 53.9 Å². The topological polar surface area (TPSA) is 66.5 Å². The second-order valence-electron chi connectivity index (χ2n) is 5.98. The molecular weight excluding hydrogens is 392 g/mol. The standard InChI is InChI=1S/C18H21ClN2O3S2/c1-4-11-21(12-15-7-10-17(19)25-15)18(22)14-5-8-16(9-6-14)26(23,24)20-13(2)3/h4-10,13,20H,1,11-12H2,2-3H3. The molecule has 1 N–H and O–H groups in total. The predicted octanol–water partition coefficient (Wildman–Crippen LogP) is 3.92. The summed E-state index contributed by atoms with van der Waals surface area (Å²) in [6.45, 7) is 7.98. The van der Waals surface area contributed by atoms with Crippen molar-refractivity contribution in [3.05, 3.63) is 63.8 Å². The highest BCUT2D eigenvalue weighted by Gasteiger charge is 2.19. The lowest BCUT2D eigenvalue weighted by molar-refractivity contribution is 0.0764. The Bertz CT molecular complexity index is 874. The van der Waals surface area contributed by atoms with E-state index in [0.29, 0.717) is 23.0 Å². The van der Waals surface area contributed by atoms with E-state index >= 15 is 0 Å². The molecule has 0 bridgehead atoms. The predicted molar refractivity (Wildman–Crippen MR) is 106 cm³/mol. The normalized spacial score (nSPS) is 11.5. The highest BCUT2D eigenvalue weighted by molar-refractivity contribution is 7.89. The van der Waals surface area contributed by atoms with E-state index in [1.54, 1.807) is 30.9 Å². The number of hydrogen-bond acceptors (Lipinski definition) is 4. The Hall–Kier alpha value is -1.67. The third-order valence-electron chi connectivity index (χ3n) is 3.41. The van der Waals surface area contributed by atoms with Crippen LogP contribution >= 0.6 is 22.9 Å². The van der Waals surface area contributed by atoms with Crippen LogP contribution in [0, 0.1) is 0 Å². The summed E-state index contributed by atoms with van der Waals surface area (Å²) in [6, 6.07) is 9.38. The SMILES string of the molecule is C=CCN(Cc1ccc(Cl)s1)C(=O)c1ccc(S(=O)(=O)NC(C)C)cc1. The van der Waals surface area contributed by atoms with E-state index in [1.165, 1.54) is 35.6 Å². The number of amides is 1. The first-order valence-corrected chi connectivity index (χ1v) is 10.7. The molecule has 26 heavy (non-hydrogen) atoms. The molecule has 1 heterocycles. The van der Waals surface area contributed by atoms with E-state index in [1.807, 2.05) is 6.07 Å². The number of hydrogen-bond donors (Lipinski definition) is 1. The van der Waals surface area contributed by atoms with Crippen LogP contribution in [0.3, 0.4) is 0 Å². The molecule has 0 atom stereocenters. The van der Waals surface area contributed by atoms with Crippen molar-refractivity contribution in [3.63, 3.8) is 0 Å². The second kappa shape index (κ2) is 8.81. The number of halogens is 1. The maximum Gasteiger partial charge on any atom is 0.254 e. The van der Waals surface area contributed by atoms with Gasteiger partial charge in [-0.3, -0.25) is 4.79 Å². The molecule has 140 valence electrons. The van der Waals surface area contributed by atoms with Crippen molar-refractivity contribution in [1.82, 2.24) is 9.62 Å². The van der Waals surface area contributed by atoms with Crippen molar-refractivity contribution in [2.24, 2.45) is 0 Å². The molecule has 0 aliphatic heterocycles. The minimum atomic E-state index is -3.58. The van der Waals surface area contributed by atoms with Crippen molar-refractivity contribution < 1.29 is 13.2 Å². The van der Waals surface area contributed by atoms with Gasteiger partial charge in [0.2, 0.25) is 10.0 Å². The van der Waals surface area contributed by atoms with Gasteiger partial charge in [0.15, 0.2) is 0 Å². The summed E-state index contributed by atoms with van der Waals surface area (Å²) in [5.74, 6) is -0.199. The minimum absolute atomic E-state index is 0.128. The minimum Gasteiger partial charge on any atom is -0.330 e. The average molecular weight is 413 g/mol. The number of sulfonamides is 1. The molecule has 1 aromatic carbocycles. The molecule has 0 radical (unpaired) electrons. The van der Waals surface area contributed by atoms with Crippen LogP contribution in [-0.2, 0) is 16.6 Å². The Morgan fingerprint density at radius 1 is 1.27 bits per heavy atom. The van der Waals surface area contributed by atoms with Crippen LogP contribution in [0.1, 0.15) is 29.1 Å². The van der Waals surface area contributed by atoms with Gasteiger partial charge in [-0.15, -0.1) is 17.9 Å². The van der Waals surface area contributed by atoms with Crippen LogP contribution in [0.2, 0.25) is 4.34 Å². The lowest BCUT2D eigenvalue weighted by Gasteiger charge is -2.20. The van der Waals surface area contributed by atoms with Gasteiger partial charge in [-0.25, -0.2) is 13.1 Å². The summed E-state index contributed by atoms with van der Waals surface area (Å²) in [5.41, 5.74) is 0.415. The molecule has 1 amide bonds. The van der Waals surface area contributed by atoms with E-state index < -0.39 is 10.0 Å². The van der Waals surface area contributed by atoms with Gasteiger partial charge in [0.05, 0.1) is 15.8 Å². The van der Waals surface area contributed by atoms with Crippen LogP contribution in [0.25, 0.3) is 0 Å². The number of thiophene rings is 1. The first-order valence-electron chi connectivity index (χ1n) is 7.99. The van der Waals surface area contributed by atoms with Crippen LogP contribution in [-0.4, -0.2) is 31.8 Å². The fourth-order valence-electron chi connectivity index (χ4n) is 2.34. The van der Waals surface area contributed by atoms with E-state index in [9.17, 15) is 13.2 Å². The average Bonchev–Trinajstić information content (AvgIpc) is 2.98. The molecule has 5 nitrogen and oxygen atoms in total. The molecule has 2 rings (SSSR count). The maximum atomic E-state index is 12.8. The molecular formula is C18H21ClN2O3S2. The van der Waals surface area contributed by atoms with Crippen molar-refractivity contribution in [2.75, 3.05) is 6.54 Å². The zero-order valence-electron chi connectivity index (χ0n) is 14.6. The number of carbonyl (C=O) groups is 1. The fourth-order valence-corrected chi connectivity index (χ4v) is 4.69. The second-order valence-corrected chi connectivity index (χ2v) is 9.49. The molecule has 0 aliphatic rings. The van der Waals surface area contributed by atoms with Gasteiger partial charge in [0.1, 0.15) is 0 Å². The zero-order chi connectivity index (χ0) is 19.3. The molecule has 2 aromatic rings. The summed E-state index contributed by atoms with van der Waals surface area (Å²) in [4.78, 5) is 15.5. The van der Waals surface area contributed by atoms with E-state index in [2.05, 4.69) is 11.3 Å². The van der Waals surface area contributed by atoms with Gasteiger partial charge in [0.25, 0.3) is 5.91 Å². The quantitative estimate of drug-likeness (QED) is 0.668. The van der Waals surface area contributed by atoms with Crippen molar-refractivity contribution in [2.45, 2.75) is 31.3 Å². The smallest absolute Gasteiger partial charge is 0.254 e. The summed E-state index contributed by atoms with van der Waals surface area (Å²) < 4.78 is 27.5. The molecule has 1 aromatic heterocycles. The number of benzene rings is 1. The van der Waals surface area contributed by atoms with Crippen molar-refractivity contribution >= 4 is 38.9 Å². The molecule has 0 unspecified atom stereocenters. The molecule has 0 saturated heterocycles. The van der Waals surface area contributed by atoms with Gasteiger partial charge in [0, 0.05) is 23.0 Å². The Morgan fingerprint density at radius 2 is 1.92 bits per heavy atom. The van der Waals surface area contributed by atoms with Crippen LogP contribution < -0.4 is 4.72 Å². The van der Waals surface area contributed by atoms with Crippen molar-refractivity contribution in [1.29, 1.82) is 0 Å². The van der Waals surface area contributed by atoms with Gasteiger partial charge in [-0.05, 0) is 50.2 Å². The Morgan fingerprint density at radius 3 is 2.42 bits per heavy atom. The Labute approximate surface area is 163 Å². The van der Waals surface area contributed by atoms with E-state index in [4.69, 9.17) is 11.6 Å². The summed E-state index contributed by atoms with van der Waals surface area (Å²) in [6.07, 6.45) is 1.65. The maximum absolute atomic E-state index is 12.8. The lowest BCUT2D eigenvalue weighted by Crippen LogP contribution is -2.31. The third kappa shape index (κ3) is 5.41. The Kier molecular flexibility index (Phi) is 7.00. The number of nitrogens with zero attached hydrogens (tertiary/aromatic N) is 1. The summed E-state index contributed by atoms with van der Waals surface area (Å²) >= 11 is 7.36. The molecule has 8 heteroatoms. The number of nitrogens with one attached hydrogen (secondary N) is 1. The highest BCUT2D eigenvalue weighted by atomic mass is 35.5. The first kappa shape index (κ1) is 20.6. The first-order chi connectivity index (χ1) is 12.2. The van der Waals surface area contributed by atoms with E-state index in [-0.39, 0.29) is 16.8 Å². The molecule has 0 fully saturated rings. The largest absolute Gasteiger partial charge is 0.330 e. The van der Waals surface area contributed by atoms with Crippen LogP contribution in [0.4, 0.5) is 0 Å². The molecule has 0 aliphatic carbocycles. The third-order valence-corrected chi connectivity index (χ3v) is 6.31. The van der Waals surface area contributed by atoms with Gasteiger partial charge in [-0.2, -0.15) is 0 Å². The fraction of sp³-hybridized carbons (Fsp3) is 0.278. The Balaban J connectivity index is 2.19. The highest BCUT2D eigenvalue weighted by Crippen LogP contribution is 2.23. The molecule has 0 spiro atoms. The zero-order valence-corrected chi connectivity index (χ0v) is 17.0. The van der Waals surface area contributed by atoms with Crippen LogP contribution in [0.5, 0.6) is 0 Å². The summed E-state index contributed by atoms with van der Waals surface area (Å²) in [7, 11) is -3.58. The van der Waals surface area contributed by atoms with E-state index in [0.717, 1.165) is 4.88 Å². The number of carbonyl (C=O) groups excluding carboxylic acids is 1. The lowest BCUT2D eigenvalue weighted by atomic mass is 10.2. The van der Waals surface area contributed by atoms with Gasteiger partial charge < -0.3 is 4.90 Å². The number of rotatable bonds is 8. The summed E-state index contributed by atoms with van der Waals surface area (Å²) in [5, 5.41) is 0. The monoisotopic (exact) mass is 412 g/mol.